The summed E-state index contributed by atoms with van der Waals surface area (Å²) in [7, 11) is 0. The highest BCUT2D eigenvalue weighted by Crippen LogP contribution is 2.33. The van der Waals surface area contributed by atoms with E-state index >= 15 is 0 Å². The van der Waals surface area contributed by atoms with Gasteiger partial charge in [-0.1, -0.05) is 11.6 Å². The number of carbonyl (C=O) groups is 2. The Hall–Kier alpha value is -2.80. The third-order valence-electron chi connectivity index (χ3n) is 4.63. The highest BCUT2D eigenvalue weighted by Gasteiger charge is 2.27. The van der Waals surface area contributed by atoms with Crippen molar-refractivity contribution in [1.82, 2.24) is 9.80 Å². The van der Waals surface area contributed by atoms with Crippen LogP contribution in [0.15, 0.2) is 36.4 Å². The van der Waals surface area contributed by atoms with Crippen molar-refractivity contribution in [2.75, 3.05) is 33.0 Å². The van der Waals surface area contributed by atoms with Gasteiger partial charge >= 0.3 is 0 Å². The first kappa shape index (κ1) is 17.6. The molecule has 0 saturated carbocycles. The molecule has 2 aromatic carbocycles. The number of halogens is 2. The predicted octanol–water partition coefficient (Wildman–Crippen LogP) is 2.81. The molecule has 6 nitrogen and oxygen atoms in total. The normalized spacial score (nSPS) is 15.8. The van der Waals surface area contributed by atoms with Gasteiger partial charge in [0.15, 0.2) is 11.5 Å². The zero-order chi connectivity index (χ0) is 19.0. The van der Waals surface area contributed by atoms with E-state index in [1.54, 1.807) is 23.1 Å². The highest BCUT2D eigenvalue weighted by atomic mass is 35.5. The van der Waals surface area contributed by atoms with Crippen molar-refractivity contribution >= 4 is 23.4 Å². The SMILES string of the molecule is O=C(c1ccc2c(c1)OCO2)N1CCN(C(=O)c2cc(Cl)ccc2F)CC1. The molecule has 0 N–H and O–H groups in total. The van der Waals surface area contributed by atoms with Crippen molar-refractivity contribution in [3.8, 4) is 11.5 Å². The summed E-state index contributed by atoms with van der Waals surface area (Å²) in [5.74, 6) is -0.0145. The molecule has 1 fully saturated rings. The molecule has 2 aromatic rings. The van der Waals surface area contributed by atoms with Crippen LogP contribution in [0.5, 0.6) is 11.5 Å². The molecule has 27 heavy (non-hydrogen) atoms. The van der Waals surface area contributed by atoms with Crippen LogP contribution in [0.4, 0.5) is 4.39 Å². The second-order valence-corrected chi connectivity index (χ2v) is 6.71. The molecule has 8 heteroatoms. The average Bonchev–Trinajstić information content (AvgIpc) is 3.16. The van der Waals surface area contributed by atoms with E-state index < -0.39 is 11.7 Å². The number of ether oxygens (including phenoxy) is 2. The number of carbonyl (C=O) groups excluding carboxylic acids is 2. The molecule has 0 radical (unpaired) electrons. The first-order chi connectivity index (χ1) is 13.0. The Kier molecular flexibility index (Phi) is 4.61. The zero-order valence-corrected chi connectivity index (χ0v) is 15.0. The number of hydrogen-bond donors (Lipinski definition) is 0. The molecule has 0 atom stereocenters. The van der Waals surface area contributed by atoms with Crippen LogP contribution >= 0.6 is 11.6 Å². The second-order valence-electron chi connectivity index (χ2n) is 6.28. The topological polar surface area (TPSA) is 59.1 Å². The van der Waals surface area contributed by atoms with Gasteiger partial charge in [-0.2, -0.15) is 0 Å². The van der Waals surface area contributed by atoms with Gasteiger partial charge in [0, 0.05) is 36.8 Å². The smallest absolute Gasteiger partial charge is 0.257 e. The maximum atomic E-state index is 13.9. The van der Waals surface area contributed by atoms with Crippen molar-refractivity contribution in [3.05, 3.63) is 58.4 Å². The van der Waals surface area contributed by atoms with E-state index in [0.29, 0.717) is 48.3 Å². The van der Waals surface area contributed by atoms with Crippen LogP contribution in [0.25, 0.3) is 0 Å². The monoisotopic (exact) mass is 390 g/mol. The molecule has 4 rings (SSSR count). The number of nitrogens with zero attached hydrogens (tertiary/aromatic N) is 2. The van der Waals surface area contributed by atoms with Crippen LogP contribution in [0.3, 0.4) is 0 Å². The zero-order valence-electron chi connectivity index (χ0n) is 14.3. The fourth-order valence-corrected chi connectivity index (χ4v) is 3.33. The van der Waals surface area contributed by atoms with E-state index in [1.807, 2.05) is 0 Å². The van der Waals surface area contributed by atoms with Crippen molar-refractivity contribution in [2.24, 2.45) is 0 Å². The summed E-state index contributed by atoms with van der Waals surface area (Å²) in [6.45, 7) is 1.51. The number of hydrogen-bond acceptors (Lipinski definition) is 4. The molecule has 2 amide bonds. The number of fused-ring (bicyclic) bond motifs is 1. The van der Waals surface area contributed by atoms with Crippen molar-refractivity contribution < 1.29 is 23.5 Å². The van der Waals surface area contributed by atoms with Crippen LogP contribution in [0.1, 0.15) is 20.7 Å². The summed E-state index contributed by atoms with van der Waals surface area (Å²) in [5.41, 5.74) is 0.443. The minimum Gasteiger partial charge on any atom is -0.454 e. The minimum absolute atomic E-state index is 0.0574. The molecule has 0 aliphatic carbocycles. The second kappa shape index (κ2) is 7.08. The quantitative estimate of drug-likeness (QED) is 0.791. The van der Waals surface area contributed by atoms with Crippen LogP contribution < -0.4 is 9.47 Å². The Labute approximate surface area is 160 Å². The van der Waals surface area contributed by atoms with Crippen LogP contribution in [-0.2, 0) is 0 Å². The lowest BCUT2D eigenvalue weighted by atomic mass is 10.1. The Bertz CT molecular complexity index is 913. The summed E-state index contributed by atoms with van der Waals surface area (Å²) in [5, 5.41) is 0.302. The molecule has 0 unspecified atom stereocenters. The molecule has 2 heterocycles. The van der Waals surface area contributed by atoms with Gasteiger partial charge in [0.1, 0.15) is 5.82 Å². The third kappa shape index (κ3) is 3.42. The van der Waals surface area contributed by atoms with Gasteiger partial charge in [-0.3, -0.25) is 9.59 Å². The van der Waals surface area contributed by atoms with E-state index in [2.05, 4.69) is 0 Å². The lowest BCUT2D eigenvalue weighted by molar-refractivity contribution is 0.0532. The van der Waals surface area contributed by atoms with E-state index in [4.69, 9.17) is 21.1 Å². The molecular formula is C19H16ClFN2O4. The van der Waals surface area contributed by atoms with Crippen molar-refractivity contribution in [3.63, 3.8) is 0 Å². The minimum atomic E-state index is -0.608. The van der Waals surface area contributed by atoms with Gasteiger partial charge in [0.25, 0.3) is 11.8 Å². The van der Waals surface area contributed by atoms with Gasteiger partial charge in [-0.05, 0) is 36.4 Å². The molecule has 0 aromatic heterocycles. The van der Waals surface area contributed by atoms with Crippen molar-refractivity contribution in [1.29, 1.82) is 0 Å². The Balaban J connectivity index is 1.42. The fraction of sp³-hybridized carbons (Fsp3) is 0.263. The third-order valence-corrected chi connectivity index (χ3v) is 4.87. The maximum Gasteiger partial charge on any atom is 0.257 e. The molecule has 2 aliphatic rings. The lowest BCUT2D eigenvalue weighted by Gasteiger charge is -2.35. The lowest BCUT2D eigenvalue weighted by Crippen LogP contribution is -2.50. The Morgan fingerprint density at radius 2 is 1.56 bits per heavy atom. The van der Waals surface area contributed by atoms with E-state index in [1.165, 1.54) is 23.1 Å². The predicted molar refractivity (Wildman–Crippen MR) is 95.8 cm³/mol. The van der Waals surface area contributed by atoms with E-state index in [9.17, 15) is 14.0 Å². The summed E-state index contributed by atoms with van der Waals surface area (Å²) >= 11 is 5.86. The fourth-order valence-electron chi connectivity index (χ4n) is 3.16. The Morgan fingerprint density at radius 3 is 2.30 bits per heavy atom. The number of rotatable bonds is 2. The molecule has 1 saturated heterocycles. The van der Waals surface area contributed by atoms with Crippen molar-refractivity contribution in [2.45, 2.75) is 0 Å². The van der Waals surface area contributed by atoms with Crippen LogP contribution in [0.2, 0.25) is 5.02 Å². The summed E-state index contributed by atoms with van der Waals surface area (Å²) in [4.78, 5) is 28.4. The molecule has 140 valence electrons. The first-order valence-corrected chi connectivity index (χ1v) is 8.84. The molecular weight excluding hydrogens is 375 g/mol. The van der Waals surface area contributed by atoms with Gasteiger partial charge in [-0.25, -0.2) is 4.39 Å². The van der Waals surface area contributed by atoms with Crippen LogP contribution in [-0.4, -0.2) is 54.6 Å². The summed E-state index contributed by atoms with van der Waals surface area (Å²) in [6.07, 6.45) is 0. The summed E-state index contributed by atoms with van der Waals surface area (Å²) in [6, 6.07) is 8.95. The standard InChI is InChI=1S/C19H16ClFN2O4/c20-13-2-3-15(21)14(10-13)19(25)23-7-5-22(6-8-23)18(24)12-1-4-16-17(9-12)27-11-26-16/h1-4,9-10H,5-8,11H2. The first-order valence-electron chi connectivity index (χ1n) is 8.46. The Morgan fingerprint density at radius 1 is 0.889 bits per heavy atom. The summed E-state index contributed by atoms with van der Waals surface area (Å²) < 4.78 is 24.5. The van der Waals surface area contributed by atoms with E-state index in [0.717, 1.165) is 0 Å². The van der Waals surface area contributed by atoms with Gasteiger partial charge < -0.3 is 19.3 Å². The van der Waals surface area contributed by atoms with Crippen LogP contribution in [0, 0.1) is 5.82 Å². The maximum absolute atomic E-state index is 13.9. The number of piperazine rings is 1. The van der Waals surface area contributed by atoms with E-state index in [-0.39, 0.29) is 18.3 Å². The van der Waals surface area contributed by atoms with Gasteiger partial charge in [0.05, 0.1) is 5.56 Å². The number of amides is 2. The molecule has 0 spiro atoms. The highest BCUT2D eigenvalue weighted by molar-refractivity contribution is 6.31. The van der Waals surface area contributed by atoms with Gasteiger partial charge in [-0.15, -0.1) is 0 Å². The molecule has 2 aliphatic heterocycles. The largest absolute Gasteiger partial charge is 0.454 e. The average molecular weight is 391 g/mol. The number of benzene rings is 2. The van der Waals surface area contributed by atoms with Gasteiger partial charge in [0.2, 0.25) is 6.79 Å². The molecule has 0 bridgehead atoms.